The first-order valence-corrected chi connectivity index (χ1v) is 11.7. The van der Waals surface area contributed by atoms with Gasteiger partial charge in [-0.25, -0.2) is 0 Å². The van der Waals surface area contributed by atoms with Crippen LogP contribution in [0.2, 0.25) is 5.02 Å². The molecule has 29 heavy (non-hydrogen) atoms. The lowest BCUT2D eigenvalue weighted by Crippen LogP contribution is -2.47. The normalized spacial score (nSPS) is 18.4. The van der Waals surface area contributed by atoms with Crippen LogP contribution >= 0.6 is 22.9 Å². The molecule has 1 saturated carbocycles. The van der Waals surface area contributed by atoms with Gasteiger partial charge in [0.2, 0.25) is 11.8 Å². The largest absolute Gasteiger partial charge is 0.333 e. The third-order valence-corrected chi connectivity index (χ3v) is 7.07. The third-order valence-electron chi connectivity index (χ3n) is 5.82. The molecule has 1 unspecified atom stereocenters. The van der Waals surface area contributed by atoms with Crippen LogP contribution in [-0.2, 0) is 16.0 Å². The Kier molecular flexibility index (Phi) is 6.26. The maximum absolute atomic E-state index is 13.4. The van der Waals surface area contributed by atoms with Gasteiger partial charge in [-0.05, 0) is 60.4 Å². The molecule has 2 heterocycles. The number of hydrogen-bond acceptors (Lipinski definition) is 3. The van der Waals surface area contributed by atoms with Gasteiger partial charge in [-0.1, -0.05) is 37.1 Å². The number of unbranched alkanes of at least 4 members (excludes halogenated alkanes) is 1. The van der Waals surface area contributed by atoms with Crippen LogP contribution in [0.1, 0.15) is 54.7 Å². The number of carbonyl (C=O) groups is 2. The van der Waals surface area contributed by atoms with Gasteiger partial charge in [-0.2, -0.15) is 0 Å². The second-order valence-corrected chi connectivity index (χ2v) is 9.42. The van der Waals surface area contributed by atoms with Crippen LogP contribution in [0.15, 0.2) is 35.7 Å². The number of halogens is 1. The fraction of sp³-hybridized carbons (Fsp3) is 0.478. The summed E-state index contributed by atoms with van der Waals surface area (Å²) in [6.07, 6.45) is 4.74. The second kappa shape index (κ2) is 8.88. The van der Waals surface area contributed by atoms with E-state index in [0.29, 0.717) is 18.1 Å². The molecule has 1 atom stereocenters. The highest BCUT2D eigenvalue weighted by atomic mass is 35.5. The molecule has 6 heteroatoms. The van der Waals surface area contributed by atoms with Crippen molar-refractivity contribution in [2.24, 2.45) is 5.92 Å². The molecule has 0 radical (unpaired) electrons. The van der Waals surface area contributed by atoms with Crippen molar-refractivity contribution in [3.8, 4) is 0 Å². The predicted octanol–water partition coefficient (Wildman–Crippen LogP) is 4.91. The average Bonchev–Trinajstić information content (AvgIpc) is 3.47. The Bertz CT molecular complexity index is 875. The van der Waals surface area contributed by atoms with Crippen LogP contribution in [0.5, 0.6) is 0 Å². The first-order valence-electron chi connectivity index (χ1n) is 10.5. The van der Waals surface area contributed by atoms with E-state index in [2.05, 4.69) is 18.4 Å². The van der Waals surface area contributed by atoms with E-state index >= 15 is 0 Å². The number of amides is 2. The molecule has 2 amide bonds. The minimum atomic E-state index is -0.112. The summed E-state index contributed by atoms with van der Waals surface area (Å²) < 4.78 is 0. The van der Waals surface area contributed by atoms with E-state index in [1.54, 1.807) is 16.2 Å². The van der Waals surface area contributed by atoms with Crippen molar-refractivity contribution in [2.75, 3.05) is 19.6 Å². The molecule has 1 aromatic heterocycles. The fourth-order valence-corrected chi connectivity index (χ4v) is 5.08. The Balaban J connectivity index is 1.58. The van der Waals surface area contributed by atoms with Crippen molar-refractivity contribution in [3.63, 3.8) is 0 Å². The van der Waals surface area contributed by atoms with Crippen LogP contribution in [0.4, 0.5) is 0 Å². The zero-order valence-corrected chi connectivity index (χ0v) is 18.3. The summed E-state index contributed by atoms with van der Waals surface area (Å²) in [5, 5.41) is 2.79. The van der Waals surface area contributed by atoms with Crippen LogP contribution < -0.4 is 0 Å². The minimum Gasteiger partial charge on any atom is -0.333 e. The second-order valence-electron chi connectivity index (χ2n) is 7.98. The summed E-state index contributed by atoms with van der Waals surface area (Å²) >= 11 is 7.85. The zero-order valence-electron chi connectivity index (χ0n) is 16.8. The first-order chi connectivity index (χ1) is 14.1. The molecule has 154 valence electrons. The fourth-order valence-electron chi connectivity index (χ4n) is 4.05. The Morgan fingerprint density at radius 1 is 1.21 bits per heavy atom. The lowest BCUT2D eigenvalue weighted by molar-refractivity contribution is -0.142. The van der Waals surface area contributed by atoms with Crippen LogP contribution in [0.3, 0.4) is 0 Å². The van der Waals surface area contributed by atoms with Crippen LogP contribution in [0, 0.1) is 5.92 Å². The van der Waals surface area contributed by atoms with Crippen molar-refractivity contribution in [1.29, 1.82) is 0 Å². The summed E-state index contributed by atoms with van der Waals surface area (Å²) in [5.41, 5.74) is 2.27. The molecule has 1 fully saturated rings. The zero-order chi connectivity index (χ0) is 20.4. The molecule has 4 rings (SSSR count). The number of benzene rings is 1. The molecule has 2 aromatic rings. The topological polar surface area (TPSA) is 40.6 Å². The Labute approximate surface area is 181 Å². The van der Waals surface area contributed by atoms with Crippen molar-refractivity contribution >= 4 is 34.8 Å². The average molecular weight is 431 g/mol. The Hall–Kier alpha value is -1.85. The number of hydrogen-bond donors (Lipinski definition) is 0. The van der Waals surface area contributed by atoms with Crippen molar-refractivity contribution < 1.29 is 9.59 Å². The standard InChI is InChI=1S/C23H27ClN2O2S/c1-2-3-12-25(23(28)17-4-5-17)15-21(27)26-13-10-20-19(11-14-29-20)22(26)16-6-8-18(24)9-7-16/h6-9,11,14,17,22H,2-5,10,12-13,15H2,1H3. The first kappa shape index (κ1) is 20.4. The van der Waals surface area contributed by atoms with E-state index in [1.165, 1.54) is 10.4 Å². The van der Waals surface area contributed by atoms with E-state index in [0.717, 1.165) is 37.7 Å². The quantitative estimate of drug-likeness (QED) is 0.625. The number of rotatable bonds is 7. The summed E-state index contributed by atoms with van der Waals surface area (Å²) in [5.74, 6) is 0.325. The van der Waals surface area contributed by atoms with Gasteiger partial charge in [0, 0.05) is 28.9 Å². The number of fused-ring (bicyclic) bond motifs is 1. The molecule has 1 aliphatic carbocycles. The van der Waals surface area contributed by atoms with Gasteiger partial charge in [0.15, 0.2) is 0 Å². The van der Waals surface area contributed by atoms with Crippen LogP contribution in [0.25, 0.3) is 0 Å². The smallest absolute Gasteiger partial charge is 0.242 e. The Morgan fingerprint density at radius 3 is 2.66 bits per heavy atom. The van der Waals surface area contributed by atoms with Gasteiger partial charge in [-0.15, -0.1) is 11.3 Å². The van der Waals surface area contributed by atoms with Gasteiger partial charge in [0.25, 0.3) is 0 Å². The summed E-state index contributed by atoms with van der Waals surface area (Å²) in [4.78, 5) is 31.2. The highest BCUT2D eigenvalue weighted by Crippen LogP contribution is 2.38. The minimum absolute atomic E-state index is 0.0342. The van der Waals surface area contributed by atoms with Gasteiger partial charge in [0.1, 0.15) is 0 Å². The van der Waals surface area contributed by atoms with Gasteiger partial charge in [-0.3, -0.25) is 9.59 Å². The molecular formula is C23H27ClN2O2S. The molecule has 1 aliphatic heterocycles. The molecule has 4 nitrogen and oxygen atoms in total. The van der Waals surface area contributed by atoms with Gasteiger partial charge in [0.05, 0.1) is 12.6 Å². The number of carbonyl (C=O) groups excluding carboxylic acids is 2. The van der Waals surface area contributed by atoms with E-state index in [-0.39, 0.29) is 30.3 Å². The lowest BCUT2D eigenvalue weighted by Gasteiger charge is -2.37. The highest BCUT2D eigenvalue weighted by Gasteiger charge is 2.37. The van der Waals surface area contributed by atoms with E-state index < -0.39 is 0 Å². The monoisotopic (exact) mass is 430 g/mol. The van der Waals surface area contributed by atoms with Gasteiger partial charge < -0.3 is 9.80 Å². The van der Waals surface area contributed by atoms with Crippen molar-refractivity contribution in [1.82, 2.24) is 9.80 Å². The van der Waals surface area contributed by atoms with Crippen molar-refractivity contribution in [2.45, 2.75) is 45.1 Å². The maximum atomic E-state index is 13.4. The third kappa shape index (κ3) is 4.51. The lowest BCUT2D eigenvalue weighted by atomic mass is 9.93. The predicted molar refractivity (Wildman–Crippen MR) is 117 cm³/mol. The molecule has 0 N–H and O–H groups in total. The maximum Gasteiger partial charge on any atom is 0.242 e. The molecule has 1 aromatic carbocycles. The van der Waals surface area contributed by atoms with E-state index in [4.69, 9.17) is 11.6 Å². The van der Waals surface area contributed by atoms with Gasteiger partial charge >= 0.3 is 0 Å². The molecule has 0 spiro atoms. The van der Waals surface area contributed by atoms with E-state index in [9.17, 15) is 9.59 Å². The summed E-state index contributed by atoms with van der Waals surface area (Å²) in [7, 11) is 0. The SMILES string of the molecule is CCCCN(CC(=O)N1CCc2sccc2C1c1ccc(Cl)cc1)C(=O)C1CC1. The summed E-state index contributed by atoms with van der Waals surface area (Å²) in [6, 6.07) is 9.78. The number of thiophene rings is 1. The molecule has 0 bridgehead atoms. The summed E-state index contributed by atoms with van der Waals surface area (Å²) in [6.45, 7) is 3.64. The Morgan fingerprint density at radius 2 is 1.97 bits per heavy atom. The van der Waals surface area contributed by atoms with Crippen LogP contribution in [-0.4, -0.2) is 41.2 Å². The molecule has 2 aliphatic rings. The van der Waals surface area contributed by atoms with E-state index in [1.807, 2.05) is 29.2 Å². The molecule has 0 saturated heterocycles. The number of nitrogens with zero attached hydrogens (tertiary/aromatic N) is 2. The van der Waals surface area contributed by atoms with Crippen molar-refractivity contribution in [3.05, 3.63) is 56.7 Å². The molecular weight excluding hydrogens is 404 g/mol. The highest BCUT2D eigenvalue weighted by molar-refractivity contribution is 7.10.